The highest BCUT2D eigenvalue weighted by molar-refractivity contribution is 7.16. The Kier molecular flexibility index (Phi) is 5.54. The molecule has 0 saturated heterocycles. The van der Waals surface area contributed by atoms with Crippen LogP contribution in [-0.2, 0) is 16.0 Å². The van der Waals surface area contributed by atoms with E-state index in [0.717, 1.165) is 4.88 Å². The summed E-state index contributed by atoms with van der Waals surface area (Å²) in [5.41, 5.74) is 0.287. The number of thiazole rings is 1. The van der Waals surface area contributed by atoms with E-state index in [9.17, 15) is 9.59 Å². The second-order valence-electron chi connectivity index (χ2n) is 5.68. The molecular formula is C16H21N3O3S. The van der Waals surface area contributed by atoms with Crippen molar-refractivity contribution >= 4 is 28.3 Å². The number of carbonyl (C=O) groups is 2. The fourth-order valence-corrected chi connectivity index (χ4v) is 3.29. The Balaban J connectivity index is 2.17. The molecule has 1 atom stereocenters. The van der Waals surface area contributed by atoms with Gasteiger partial charge in [0.15, 0.2) is 10.8 Å². The molecule has 23 heavy (non-hydrogen) atoms. The number of methoxy groups -OCH3 is 1. The molecule has 2 heterocycles. The van der Waals surface area contributed by atoms with Gasteiger partial charge in [0.1, 0.15) is 6.04 Å². The van der Waals surface area contributed by atoms with E-state index in [-0.39, 0.29) is 17.6 Å². The number of amides is 1. The van der Waals surface area contributed by atoms with Crippen LogP contribution in [0.3, 0.4) is 0 Å². The average molecular weight is 335 g/mol. The lowest BCUT2D eigenvalue weighted by Gasteiger charge is -2.12. The quantitative estimate of drug-likeness (QED) is 0.823. The molecule has 0 fully saturated rings. The molecule has 2 rings (SSSR count). The largest absolute Gasteiger partial charge is 0.464 e. The van der Waals surface area contributed by atoms with Crippen LogP contribution in [0.25, 0.3) is 0 Å². The summed E-state index contributed by atoms with van der Waals surface area (Å²) in [6.45, 7) is 5.93. The van der Waals surface area contributed by atoms with Crippen LogP contribution in [0, 0.1) is 5.92 Å². The van der Waals surface area contributed by atoms with Gasteiger partial charge in [0, 0.05) is 17.3 Å². The number of carbonyl (C=O) groups excluding carboxylic acids is 2. The van der Waals surface area contributed by atoms with Crippen molar-refractivity contribution in [3.8, 4) is 0 Å². The highest BCUT2D eigenvalue weighted by Crippen LogP contribution is 2.27. The smallest absolute Gasteiger partial charge is 0.357 e. The van der Waals surface area contributed by atoms with Crippen molar-refractivity contribution in [3.05, 3.63) is 35.1 Å². The molecule has 0 aromatic carbocycles. The number of ether oxygens (including phenoxy) is 1. The number of esters is 1. The third-order valence-electron chi connectivity index (χ3n) is 3.35. The summed E-state index contributed by atoms with van der Waals surface area (Å²) < 4.78 is 6.58. The maximum Gasteiger partial charge on any atom is 0.357 e. The number of nitrogens with one attached hydrogen (secondary N) is 1. The Labute approximate surface area is 139 Å². The first-order valence-electron chi connectivity index (χ1n) is 7.43. The predicted molar refractivity (Wildman–Crippen MR) is 89.8 cm³/mol. The molecule has 2 aromatic heterocycles. The minimum Gasteiger partial charge on any atom is -0.464 e. The molecule has 1 N–H and O–H groups in total. The third-order valence-corrected chi connectivity index (χ3v) is 4.35. The Bertz CT molecular complexity index is 677. The molecule has 0 aliphatic rings. The van der Waals surface area contributed by atoms with Gasteiger partial charge in [-0.15, -0.1) is 11.3 Å². The first-order valence-corrected chi connectivity index (χ1v) is 8.25. The number of aromatic nitrogens is 2. The van der Waals surface area contributed by atoms with E-state index in [1.165, 1.54) is 18.4 Å². The van der Waals surface area contributed by atoms with E-state index >= 15 is 0 Å². The van der Waals surface area contributed by atoms with Crippen molar-refractivity contribution in [3.63, 3.8) is 0 Å². The average Bonchev–Trinajstić information content (AvgIpc) is 3.15. The second-order valence-corrected chi connectivity index (χ2v) is 6.76. The summed E-state index contributed by atoms with van der Waals surface area (Å²) in [7, 11) is 1.33. The van der Waals surface area contributed by atoms with Gasteiger partial charge in [-0.05, 0) is 31.4 Å². The van der Waals surface area contributed by atoms with Gasteiger partial charge >= 0.3 is 5.97 Å². The Morgan fingerprint density at radius 1 is 1.30 bits per heavy atom. The van der Waals surface area contributed by atoms with E-state index in [1.807, 2.05) is 24.5 Å². The van der Waals surface area contributed by atoms with Crippen molar-refractivity contribution in [2.24, 2.45) is 5.92 Å². The number of hydrogen-bond acceptors (Lipinski definition) is 5. The first-order chi connectivity index (χ1) is 10.9. The molecule has 0 aliphatic carbocycles. The fraction of sp³-hybridized carbons (Fsp3) is 0.438. The van der Waals surface area contributed by atoms with Gasteiger partial charge in [-0.3, -0.25) is 4.79 Å². The molecular weight excluding hydrogens is 314 g/mol. The highest BCUT2D eigenvalue weighted by Gasteiger charge is 2.22. The monoisotopic (exact) mass is 335 g/mol. The molecule has 0 bridgehead atoms. The lowest BCUT2D eigenvalue weighted by atomic mass is 10.1. The highest BCUT2D eigenvalue weighted by atomic mass is 32.1. The van der Waals surface area contributed by atoms with Crippen LogP contribution in [0.4, 0.5) is 5.13 Å². The lowest BCUT2D eigenvalue weighted by Crippen LogP contribution is -2.22. The minimum atomic E-state index is -0.476. The minimum absolute atomic E-state index is 0.178. The van der Waals surface area contributed by atoms with Crippen molar-refractivity contribution in [1.29, 1.82) is 0 Å². The van der Waals surface area contributed by atoms with E-state index in [1.54, 1.807) is 11.5 Å². The molecule has 7 heteroatoms. The number of anilines is 1. The standard InChI is InChI=1S/C16H21N3O3S/c1-10(2)9-12-13(15(21)22-4)17-16(23-12)18-14(20)11(3)19-7-5-6-8-19/h5-8,10-11H,9H2,1-4H3,(H,17,18,20)/t11-/m0/s1. The lowest BCUT2D eigenvalue weighted by molar-refractivity contribution is -0.118. The summed E-state index contributed by atoms with van der Waals surface area (Å²) in [6, 6.07) is 3.37. The van der Waals surface area contributed by atoms with Crippen LogP contribution in [0.15, 0.2) is 24.5 Å². The van der Waals surface area contributed by atoms with Gasteiger partial charge in [0.25, 0.3) is 0 Å². The van der Waals surface area contributed by atoms with Crippen LogP contribution in [-0.4, -0.2) is 28.5 Å². The number of hydrogen-bond donors (Lipinski definition) is 1. The molecule has 0 aliphatic heterocycles. The summed E-state index contributed by atoms with van der Waals surface area (Å²) in [5.74, 6) is -0.278. The third kappa shape index (κ3) is 4.19. The number of rotatable bonds is 6. The van der Waals surface area contributed by atoms with Crippen LogP contribution < -0.4 is 5.32 Å². The summed E-state index contributed by atoms with van der Waals surface area (Å²) in [5, 5.41) is 3.20. The molecule has 0 spiro atoms. The molecule has 124 valence electrons. The molecule has 2 aromatic rings. The fourth-order valence-electron chi connectivity index (χ4n) is 2.12. The molecule has 0 unspecified atom stereocenters. The molecule has 0 saturated carbocycles. The zero-order chi connectivity index (χ0) is 17.0. The van der Waals surface area contributed by atoms with E-state index in [0.29, 0.717) is 17.5 Å². The predicted octanol–water partition coefficient (Wildman–Crippen LogP) is 3.13. The summed E-state index contributed by atoms with van der Waals surface area (Å²) in [6.07, 6.45) is 4.37. The topological polar surface area (TPSA) is 73.2 Å². The van der Waals surface area contributed by atoms with E-state index in [4.69, 9.17) is 4.74 Å². The van der Waals surface area contributed by atoms with Crippen molar-refractivity contribution in [2.75, 3.05) is 12.4 Å². The number of nitrogens with zero attached hydrogens (tertiary/aromatic N) is 2. The van der Waals surface area contributed by atoms with Gasteiger partial charge in [0.2, 0.25) is 5.91 Å². The van der Waals surface area contributed by atoms with Crippen LogP contribution in [0.5, 0.6) is 0 Å². The van der Waals surface area contributed by atoms with E-state index in [2.05, 4.69) is 24.1 Å². The van der Waals surface area contributed by atoms with Crippen LogP contribution >= 0.6 is 11.3 Å². The Hall–Kier alpha value is -2.15. The Morgan fingerprint density at radius 2 is 1.96 bits per heavy atom. The zero-order valence-electron chi connectivity index (χ0n) is 13.7. The van der Waals surface area contributed by atoms with Gasteiger partial charge < -0.3 is 14.6 Å². The van der Waals surface area contributed by atoms with Gasteiger partial charge in [-0.1, -0.05) is 13.8 Å². The van der Waals surface area contributed by atoms with Crippen molar-refractivity contribution in [1.82, 2.24) is 9.55 Å². The molecule has 1 amide bonds. The normalized spacial score (nSPS) is 12.2. The second kappa shape index (κ2) is 7.41. The summed E-state index contributed by atoms with van der Waals surface area (Å²) in [4.78, 5) is 29.2. The summed E-state index contributed by atoms with van der Waals surface area (Å²) >= 11 is 1.32. The van der Waals surface area contributed by atoms with Gasteiger partial charge in [-0.25, -0.2) is 9.78 Å². The van der Waals surface area contributed by atoms with Crippen LogP contribution in [0.2, 0.25) is 0 Å². The maximum atomic E-state index is 12.3. The SMILES string of the molecule is COC(=O)c1nc(NC(=O)[C@H](C)n2cccc2)sc1CC(C)C. The van der Waals surface area contributed by atoms with E-state index < -0.39 is 5.97 Å². The first kappa shape index (κ1) is 17.2. The Morgan fingerprint density at radius 3 is 2.52 bits per heavy atom. The zero-order valence-corrected chi connectivity index (χ0v) is 14.5. The van der Waals surface area contributed by atoms with Crippen molar-refractivity contribution < 1.29 is 14.3 Å². The van der Waals surface area contributed by atoms with Crippen molar-refractivity contribution in [2.45, 2.75) is 33.2 Å². The molecule has 6 nitrogen and oxygen atoms in total. The van der Waals surface area contributed by atoms with Crippen LogP contribution in [0.1, 0.15) is 42.2 Å². The molecule has 0 radical (unpaired) electrons. The maximum absolute atomic E-state index is 12.3. The van der Waals surface area contributed by atoms with Gasteiger partial charge in [0.05, 0.1) is 7.11 Å². The van der Waals surface area contributed by atoms with Gasteiger partial charge in [-0.2, -0.15) is 0 Å².